The Hall–Kier alpha value is -2.51. The normalized spacial score (nSPS) is 9.81. The van der Waals surface area contributed by atoms with Gasteiger partial charge in [0, 0.05) is 24.1 Å². The zero-order valence-corrected chi connectivity index (χ0v) is 11.8. The Balaban J connectivity index is 1.99. The number of aliphatic hydroxyl groups is 1. The summed E-state index contributed by atoms with van der Waals surface area (Å²) in [6.07, 6.45) is 2.53. The molecule has 2 N–H and O–H groups in total. The highest BCUT2D eigenvalue weighted by Gasteiger charge is 2.07. The third kappa shape index (κ3) is 4.51. The van der Waals surface area contributed by atoms with Gasteiger partial charge in [-0.3, -0.25) is 4.79 Å². The molecule has 4 heteroatoms. The van der Waals surface area contributed by atoms with Gasteiger partial charge in [0.1, 0.15) is 12.4 Å². The van der Waals surface area contributed by atoms with Crippen molar-refractivity contribution in [1.82, 2.24) is 0 Å². The van der Waals surface area contributed by atoms with Gasteiger partial charge < -0.3 is 14.8 Å². The van der Waals surface area contributed by atoms with Gasteiger partial charge in [-0.05, 0) is 36.8 Å². The summed E-state index contributed by atoms with van der Waals surface area (Å²) in [5.74, 6) is 6.14. The van der Waals surface area contributed by atoms with Crippen LogP contribution >= 0.6 is 0 Å². The lowest BCUT2D eigenvalue weighted by molar-refractivity contribution is -0.116. The molecule has 0 saturated carbocycles. The molecule has 2 rings (SSSR count). The van der Waals surface area contributed by atoms with E-state index in [0.29, 0.717) is 12.8 Å². The molecule has 21 heavy (non-hydrogen) atoms. The van der Waals surface area contributed by atoms with Crippen LogP contribution in [-0.2, 0) is 11.2 Å². The fraction of sp³-hybridized carbons (Fsp3) is 0.235. The molecule has 0 radical (unpaired) electrons. The molecule has 0 aliphatic heterocycles. The summed E-state index contributed by atoms with van der Waals surface area (Å²) in [6, 6.07) is 9.22. The number of rotatable bonds is 4. The third-order valence-corrected chi connectivity index (χ3v) is 3.00. The van der Waals surface area contributed by atoms with E-state index in [0.717, 1.165) is 22.6 Å². The standard InChI is InChI=1S/C17H17NO3/c1-13-6-7-14(4-2-10-19)12-16(13)18-17(20)9-8-15-5-3-11-21-15/h3,5-7,11-12,19H,8-10H2,1H3,(H,18,20). The first-order valence-corrected chi connectivity index (χ1v) is 6.71. The van der Waals surface area contributed by atoms with E-state index in [1.807, 2.05) is 31.2 Å². The van der Waals surface area contributed by atoms with Crippen LogP contribution in [-0.4, -0.2) is 17.6 Å². The first-order chi connectivity index (χ1) is 10.2. The van der Waals surface area contributed by atoms with Crippen LogP contribution in [0, 0.1) is 18.8 Å². The van der Waals surface area contributed by atoms with Gasteiger partial charge in [0.25, 0.3) is 0 Å². The molecule has 1 aromatic carbocycles. The number of benzene rings is 1. The maximum absolute atomic E-state index is 12.0. The number of anilines is 1. The summed E-state index contributed by atoms with van der Waals surface area (Å²) >= 11 is 0. The van der Waals surface area contributed by atoms with Crippen LogP contribution in [0.4, 0.5) is 5.69 Å². The predicted octanol–water partition coefficient (Wildman–Crippen LogP) is 2.50. The summed E-state index contributed by atoms with van der Waals surface area (Å²) in [6.45, 7) is 1.74. The maximum atomic E-state index is 12.0. The molecule has 0 aliphatic carbocycles. The lowest BCUT2D eigenvalue weighted by Crippen LogP contribution is -2.13. The molecule has 0 aliphatic rings. The Morgan fingerprint density at radius 1 is 1.38 bits per heavy atom. The van der Waals surface area contributed by atoms with E-state index in [1.165, 1.54) is 0 Å². The zero-order valence-electron chi connectivity index (χ0n) is 11.8. The van der Waals surface area contributed by atoms with Gasteiger partial charge in [-0.2, -0.15) is 0 Å². The van der Waals surface area contributed by atoms with Crippen LogP contribution < -0.4 is 5.32 Å². The molecule has 1 aromatic heterocycles. The van der Waals surface area contributed by atoms with E-state index in [-0.39, 0.29) is 12.5 Å². The highest BCUT2D eigenvalue weighted by Crippen LogP contribution is 2.17. The molecule has 1 heterocycles. The van der Waals surface area contributed by atoms with Gasteiger partial charge in [-0.15, -0.1) is 0 Å². The van der Waals surface area contributed by atoms with Crippen molar-refractivity contribution in [3.63, 3.8) is 0 Å². The number of nitrogens with one attached hydrogen (secondary N) is 1. The van der Waals surface area contributed by atoms with Gasteiger partial charge in [0.15, 0.2) is 0 Å². The minimum Gasteiger partial charge on any atom is -0.469 e. The van der Waals surface area contributed by atoms with Crippen LogP contribution in [0.25, 0.3) is 0 Å². The summed E-state index contributed by atoms with van der Waals surface area (Å²) in [5, 5.41) is 11.6. The van der Waals surface area contributed by atoms with Crippen LogP contribution in [0.5, 0.6) is 0 Å². The molecular weight excluding hydrogens is 266 g/mol. The molecular formula is C17H17NO3. The minimum atomic E-state index is -0.182. The smallest absolute Gasteiger partial charge is 0.224 e. The van der Waals surface area contributed by atoms with E-state index in [4.69, 9.17) is 9.52 Å². The van der Waals surface area contributed by atoms with Gasteiger partial charge in [-0.25, -0.2) is 0 Å². The molecule has 0 unspecified atom stereocenters. The highest BCUT2D eigenvalue weighted by atomic mass is 16.3. The van der Waals surface area contributed by atoms with Crippen molar-refractivity contribution in [3.05, 3.63) is 53.5 Å². The molecule has 0 bridgehead atoms. The van der Waals surface area contributed by atoms with Crippen molar-refractivity contribution in [3.8, 4) is 11.8 Å². The van der Waals surface area contributed by atoms with E-state index in [2.05, 4.69) is 17.2 Å². The Labute approximate surface area is 123 Å². The summed E-state index contributed by atoms with van der Waals surface area (Å²) in [7, 11) is 0. The van der Waals surface area contributed by atoms with Crippen molar-refractivity contribution >= 4 is 11.6 Å². The second-order valence-corrected chi connectivity index (χ2v) is 4.62. The van der Waals surface area contributed by atoms with Crippen LogP contribution in [0.3, 0.4) is 0 Å². The average Bonchev–Trinajstić information content (AvgIpc) is 2.99. The molecule has 108 valence electrons. The van der Waals surface area contributed by atoms with Gasteiger partial charge in [0.2, 0.25) is 5.91 Å². The fourth-order valence-corrected chi connectivity index (χ4v) is 1.88. The molecule has 0 saturated heterocycles. The average molecular weight is 283 g/mol. The lowest BCUT2D eigenvalue weighted by Gasteiger charge is -2.08. The predicted molar refractivity (Wildman–Crippen MR) is 80.8 cm³/mol. The SMILES string of the molecule is Cc1ccc(C#CCO)cc1NC(=O)CCc1ccco1. The number of carbonyl (C=O) groups is 1. The van der Waals surface area contributed by atoms with Gasteiger partial charge in [-0.1, -0.05) is 17.9 Å². The number of furan rings is 1. The Morgan fingerprint density at radius 2 is 2.24 bits per heavy atom. The van der Waals surface area contributed by atoms with Gasteiger partial charge >= 0.3 is 0 Å². The summed E-state index contributed by atoms with van der Waals surface area (Å²) in [5.41, 5.74) is 2.47. The number of carbonyl (C=O) groups excluding carboxylic acids is 1. The van der Waals surface area contributed by atoms with Crippen molar-refractivity contribution in [2.24, 2.45) is 0 Å². The first kappa shape index (κ1) is 14.9. The summed E-state index contributed by atoms with van der Waals surface area (Å²) < 4.78 is 5.20. The van der Waals surface area contributed by atoms with Crippen molar-refractivity contribution in [2.45, 2.75) is 19.8 Å². The van der Waals surface area contributed by atoms with Crippen LogP contribution in [0.15, 0.2) is 41.0 Å². The van der Waals surface area contributed by atoms with Gasteiger partial charge in [0.05, 0.1) is 6.26 Å². The topological polar surface area (TPSA) is 62.5 Å². The minimum absolute atomic E-state index is 0.0678. The molecule has 2 aromatic rings. The number of amides is 1. The number of hydrogen-bond acceptors (Lipinski definition) is 3. The van der Waals surface area contributed by atoms with Crippen molar-refractivity contribution < 1.29 is 14.3 Å². The quantitative estimate of drug-likeness (QED) is 0.847. The van der Waals surface area contributed by atoms with Crippen molar-refractivity contribution in [2.75, 3.05) is 11.9 Å². The third-order valence-electron chi connectivity index (χ3n) is 3.00. The monoisotopic (exact) mass is 283 g/mol. The summed E-state index contributed by atoms with van der Waals surface area (Å²) in [4.78, 5) is 12.0. The fourth-order valence-electron chi connectivity index (χ4n) is 1.88. The van der Waals surface area contributed by atoms with Crippen molar-refractivity contribution in [1.29, 1.82) is 0 Å². The second-order valence-electron chi connectivity index (χ2n) is 4.62. The van der Waals surface area contributed by atoms with E-state index in [9.17, 15) is 4.79 Å². The highest BCUT2D eigenvalue weighted by molar-refractivity contribution is 5.91. The Kier molecular flexibility index (Phi) is 5.19. The zero-order chi connectivity index (χ0) is 15.1. The van der Waals surface area contributed by atoms with E-state index < -0.39 is 0 Å². The number of aryl methyl sites for hydroxylation is 2. The lowest BCUT2D eigenvalue weighted by atomic mass is 10.1. The first-order valence-electron chi connectivity index (χ1n) is 6.71. The number of hydrogen-bond donors (Lipinski definition) is 2. The maximum Gasteiger partial charge on any atom is 0.224 e. The van der Waals surface area contributed by atoms with E-state index in [1.54, 1.807) is 12.3 Å². The second kappa shape index (κ2) is 7.32. The van der Waals surface area contributed by atoms with Crippen LogP contribution in [0.1, 0.15) is 23.3 Å². The van der Waals surface area contributed by atoms with Crippen LogP contribution in [0.2, 0.25) is 0 Å². The Morgan fingerprint density at radius 3 is 2.95 bits per heavy atom. The molecule has 0 spiro atoms. The molecule has 0 atom stereocenters. The Bertz CT molecular complexity index is 663. The molecule has 0 fully saturated rings. The molecule has 1 amide bonds. The largest absolute Gasteiger partial charge is 0.469 e. The molecule has 4 nitrogen and oxygen atoms in total. The van der Waals surface area contributed by atoms with E-state index >= 15 is 0 Å². The number of aliphatic hydroxyl groups excluding tert-OH is 1.